The van der Waals surface area contributed by atoms with Gasteiger partial charge in [-0.3, -0.25) is 0 Å². The minimum atomic E-state index is 0.907. The molecule has 0 radical (unpaired) electrons. The van der Waals surface area contributed by atoms with Crippen molar-refractivity contribution in [3.8, 4) is 22.8 Å². The number of furan rings is 1. The van der Waals surface area contributed by atoms with E-state index in [0.717, 1.165) is 43.5 Å². The van der Waals surface area contributed by atoms with E-state index in [2.05, 4.69) is 65.8 Å². The fourth-order valence-electron chi connectivity index (χ4n) is 4.60. The molecule has 0 spiro atoms. The highest BCUT2D eigenvalue weighted by molar-refractivity contribution is 7.17. The van der Waals surface area contributed by atoms with E-state index < -0.39 is 0 Å². The summed E-state index contributed by atoms with van der Waals surface area (Å²) in [5.74, 6) is 1.84. The van der Waals surface area contributed by atoms with Gasteiger partial charge >= 0.3 is 0 Å². The molecule has 7 rings (SSSR count). The Morgan fingerprint density at radius 2 is 1.82 bits per heavy atom. The molecule has 0 saturated carbocycles. The van der Waals surface area contributed by atoms with Crippen molar-refractivity contribution in [3.63, 3.8) is 0 Å². The van der Waals surface area contributed by atoms with E-state index in [1.807, 2.05) is 0 Å². The van der Waals surface area contributed by atoms with Gasteiger partial charge in [0.25, 0.3) is 0 Å². The Morgan fingerprint density at radius 3 is 2.75 bits per heavy atom. The van der Waals surface area contributed by atoms with Crippen molar-refractivity contribution in [2.45, 2.75) is 6.92 Å². The van der Waals surface area contributed by atoms with Crippen molar-refractivity contribution < 1.29 is 13.7 Å². The fraction of sp³-hybridized carbons (Fsp3) is 0.0870. The molecule has 0 N–H and O–H groups in total. The molecular formula is C23H14NO2S2+. The van der Waals surface area contributed by atoms with Gasteiger partial charge in [0.15, 0.2) is 11.1 Å². The first-order valence-corrected chi connectivity index (χ1v) is 10.9. The molecule has 3 nitrogen and oxygen atoms in total. The summed E-state index contributed by atoms with van der Waals surface area (Å²) < 4.78 is 16.3. The zero-order valence-corrected chi connectivity index (χ0v) is 16.8. The SMILES string of the molecule is Cc1c2c(cc3ccsc13)Oc1cc3c4ccsc4oc3c3cc[n+](C)c-2c13. The summed E-state index contributed by atoms with van der Waals surface area (Å²) in [6, 6.07) is 10.8. The topological polar surface area (TPSA) is 26.2 Å². The Kier molecular flexibility index (Phi) is 2.66. The van der Waals surface area contributed by atoms with Crippen LogP contribution in [0.4, 0.5) is 0 Å². The van der Waals surface area contributed by atoms with Crippen LogP contribution in [-0.4, -0.2) is 0 Å². The number of aromatic nitrogens is 1. The monoisotopic (exact) mass is 400 g/mol. The molecule has 134 valence electrons. The largest absolute Gasteiger partial charge is 0.455 e. The molecule has 0 amide bonds. The first-order valence-electron chi connectivity index (χ1n) is 9.15. The van der Waals surface area contributed by atoms with Gasteiger partial charge in [0.1, 0.15) is 29.5 Å². The third-order valence-corrected chi connectivity index (χ3v) is 7.69. The van der Waals surface area contributed by atoms with E-state index in [-0.39, 0.29) is 0 Å². The zero-order valence-electron chi connectivity index (χ0n) is 15.2. The van der Waals surface area contributed by atoms with E-state index in [4.69, 9.17) is 9.15 Å². The first-order chi connectivity index (χ1) is 13.7. The summed E-state index contributed by atoms with van der Waals surface area (Å²) in [6.45, 7) is 2.20. The van der Waals surface area contributed by atoms with Crippen LogP contribution in [0.15, 0.2) is 51.7 Å². The van der Waals surface area contributed by atoms with Crippen LogP contribution in [0, 0.1) is 6.92 Å². The van der Waals surface area contributed by atoms with E-state index >= 15 is 0 Å². The highest BCUT2D eigenvalue weighted by Crippen LogP contribution is 2.51. The number of benzene rings is 2. The molecule has 0 bridgehead atoms. The summed E-state index contributed by atoms with van der Waals surface area (Å²) in [6.07, 6.45) is 2.13. The van der Waals surface area contributed by atoms with Gasteiger partial charge in [0.05, 0.1) is 5.56 Å². The lowest BCUT2D eigenvalue weighted by Crippen LogP contribution is -2.31. The van der Waals surface area contributed by atoms with E-state index in [1.165, 1.54) is 26.9 Å². The van der Waals surface area contributed by atoms with Gasteiger partial charge in [-0.2, -0.15) is 0 Å². The minimum absolute atomic E-state index is 0.907. The lowest BCUT2D eigenvalue weighted by molar-refractivity contribution is -0.659. The lowest BCUT2D eigenvalue weighted by Gasteiger charge is -2.21. The Labute approximate surface area is 168 Å². The number of hydrogen-bond donors (Lipinski definition) is 0. The van der Waals surface area contributed by atoms with Crippen LogP contribution in [0.2, 0.25) is 0 Å². The normalized spacial score (nSPS) is 12.9. The number of hydrogen-bond acceptors (Lipinski definition) is 4. The van der Waals surface area contributed by atoms with Crippen molar-refractivity contribution in [3.05, 3.63) is 52.9 Å². The number of aryl methyl sites for hydroxylation is 2. The number of thiophene rings is 2. The van der Waals surface area contributed by atoms with Crippen LogP contribution < -0.4 is 9.30 Å². The predicted molar refractivity (Wildman–Crippen MR) is 116 cm³/mol. The van der Waals surface area contributed by atoms with Gasteiger partial charge in [-0.1, -0.05) is 0 Å². The van der Waals surface area contributed by atoms with Crippen molar-refractivity contribution >= 4 is 64.8 Å². The van der Waals surface area contributed by atoms with Gasteiger partial charge < -0.3 is 9.15 Å². The van der Waals surface area contributed by atoms with Crippen molar-refractivity contribution in [1.82, 2.24) is 0 Å². The Morgan fingerprint density at radius 1 is 0.929 bits per heavy atom. The summed E-state index contributed by atoms with van der Waals surface area (Å²) in [7, 11) is 2.11. The minimum Gasteiger partial charge on any atom is -0.455 e. The quantitative estimate of drug-likeness (QED) is 0.258. The lowest BCUT2D eigenvalue weighted by atomic mass is 9.94. The summed E-state index contributed by atoms with van der Waals surface area (Å²) in [4.78, 5) is 0.969. The molecule has 0 aliphatic carbocycles. The second-order valence-corrected chi connectivity index (χ2v) is 9.15. The maximum absolute atomic E-state index is 6.52. The van der Waals surface area contributed by atoms with Crippen molar-refractivity contribution in [2.24, 2.45) is 7.05 Å². The van der Waals surface area contributed by atoms with Gasteiger partial charge in [0, 0.05) is 26.9 Å². The third kappa shape index (κ3) is 1.68. The second-order valence-electron chi connectivity index (χ2n) is 7.35. The van der Waals surface area contributed by atoms with Crippen LogP contribution in [0.5, 0.6) is 11.5 Å². The summed E-state index contributed by atoms with van der Waals surface area (Å²) in [5.41, 5.74) is 4.60. The van der Waals surface area contributed by atoms with Gasteiger partial charge in [-0.05, 0) is 52.9 Å². The average molecular weight is 401 g/mol. The van der Waals surface area contributed by atoms with Crippen LogP contribution in [0.1, 0.15) is 5.56 Å². The molecule has 5 heterocycles. The standard InChI is InChI=1S/C23H14NO2S2/c1-11-18-16(9-12-4-7-27-22(11)12)25-17-10-15-13-5-8-28-23(13)26-21(15)14-3-6-24(2)20(18)19(14)17/h3-10H,1-2H3/q+1. The number of fused-ring (bicyclic) bond motifs is 7. The molecule has 0 atom stereocenters. The molecule has 0 saturated heterocycles. The second kappa shape index (κ2) is 4.93. The molecule has 5 heteroatoms. The molecule has 4 aromatic heterocycles. The van der Waals surface area contributed by atoms with E-state index in [0.29, 0.717) is 0 Å². The predicted octanol–water partition coefficient (Wildman–Crippen LogP) is 6.92. The fourth-order valence-corrected chi connectivity index (χ4v) is 6.26. The van der Waals surface area contributed by atoms with Crippen LogP contribution in [0.3, 0.4) is 0 Å². The Balaban J connectivity index is 1.73. The van der Waals surface area contributed by atoms with Crippen LogP contribution >= 0.6 is 22.7 Å². The summed E-state index contributed by atoms with van der Waals surface area (Å²) in [5, 5.41) is 9.99. The third-order valence-electron chi connectivity index (χ3n) is 5.85. The number of pyridine rings is 1. The average Bonchev–Trinajstić information content (AvgIpc) is 3.39. The van der Waals surface area contributed by atoms with Gasteiger partial charge in [-0.25, -0.2) is 4.57 Å². The van der Waals surface area contributed by atoms with Crippen LogP contribution in [-0.2, 0) is 7.05 Å². The van der Waals surface area contributed by atoms with Crippen LogP contribution in [0.25, 0.3) is 53.4 Å². The smallest absolute Gasteiger partial charge is 0.228 e. The van der Waals surface area contributed by atoms with Crippen molar-refractivity contribution in [1.29, 1.82) is 0 Å². The highest BCUT2D eigenvalue weighted by Gasteiger charge is 2.32. The molecule has 2 aromatic carbocycles. The molecular weight excluding hydrogens is 386 g/mol. The molecule has 28 heavy (non-hydrogen) atoms. The molecule has 6 aromatic rings. The maximum Gasteiger partial charge on any atom is 0.228 e. The molecule has 1 aliphatic rings. The number of rotatable bonds is 0. The van der Waals surface area contributed by atoms with E-state index in [1.54, 1.807) is 22.7 Å². The highest BCUT2D eigenvalue weighted by atomic mass is 32.1. The molecule has 0 unspecified atom stereocenters. The van der Waals surface area contributed by atoms with Gasteiger partial charge in [-0.15, -0.1) is 22.7 Å². The first kappa shape index (κ1) is 15.1. The number of ether oxygens (including phenoxy) is 1. The summed E-state index contributed by atoms with van der Waals surface area (Å²) >= 11 is 3.43. The van der Waals surface area contributed by atoms with Gasteiger partial charge in [0.2, 0.25) is 5.69 Å². The van der Waals surface area contributed by atoms with E-state index in [9.17, 15) is 0 Å². The number of nitrogens with zero attached hydrogens (tertiary/aromatic N) is 1. The molecule has 0 fully saturated rings. The molecule has 1 aliphatic heterocycles. The van der Waals surface area contributed by atoms with Crippen molar-refractivity contribution in [2.75, 3.05) is 0 Å². The maximum atomic E-state index is 6.52. The Hall–Kier alpha value is -2.89. The zero-order chi connectivity index (χ0) is 18.6. The Bertz CT molecular complexity index is 1620.